The summed E-state index contributed by atoms with van der Waals surface area (Å²) in [5, 5.41) is 3.03. The van der Waals surface area contributed by atoms with Gasteiger partial charge in [-0.2, -0.15) is 0 Å². The Morgan fingerprint density at radius 1 is 1.33 bits per heavy atom. The number of hydrogen-bond acceptors (Lipinski definition) is 3. The minimum atomic E-state index is -0.342. The van der Waals surface area contributed by atoms with E-state index in [4.69, 9.17) is 5.73 Å². The highest BCUT2D eigenvalue weighted by atomic mass is 32.1. The van der Waals surface area contributed by atoms with Gasteiger partial charge in [0.2, 0.25) is 0 Å². The van der Waals surface area contributed by atoms with E-state index in [0.717, 1.165) is 17.8 Å². The molecule has 76 valence electrons. The van der Waals surface area contributed by atoms with Crippen LogP contribution in [0.15, 0.2) is 35.8 Å². The molecule has 0 aliphatic heterocycles. The van der Waals surface area contributed by atoms with E-state index in [0.29, 0.717) is 0 Å². The number of aryl methyl sites for hydroxylation is 1. The zero-order valence-electron chi connectivity index (χ0n) is 8.31. The molecule has 1 aromatic carbocycles. The molecule has 0 saturated carbocycles. The SMILES string of the molecule is NC1(c2nccs2)CCc2ccccc21. The molecule has 3 heteroatoms. The van der Waals surface area contributed by atoms with Crippen LogP contribution in [0.25, 0.3) is 0 Å². The van der Waals surface area contributed by atoms with E-state index in [1.807, 2.05) is 11.6 Å². The van der Waals surface area contributed by atoms with Gasteiger partial charge in [-0.15, -0.1) is 11.3 Å². The predicted octanol–water partition coefficient (Wildman–Crippen LogP) is 2.29. The molecule has 1 unspecified atom stereocenters. The quantitative estimate of drug-likeness (QED) is 0.794. The molecule has 3 rings (SSSR count). The summed E-state index contributed by atoms with van der Waals surface area (Å²) in [7, 11) is 0. The van der Waals surface area contributed by atoms with Gasteiger partial charge in [-0.1, -0.05) is 24.3 Å². The minimum absolute atomic E-state index is 0.342. The first kappa shape index (κ1) is 9.07. The van der Waals surface area contributed by atoms with E-state index in [-0.39, 0.29) is 5.54 Å². The summed E-state index contributed by atoms with van der Waals surface area (Å²) in [5.41, 5.74) is 8.76. The van der Waals surface area contributed by atoms with Crippen LogP contribution in [-0.4, -0.2) is 4.98 Å². The van der Waals surface area contributed by atoms with Crippen LogP contribution in [-0.2, 0) is 12.0 Å². The molecule has 0 amide bonds. The Labute approximate surface area is 92.8 Å². The van der Waals surface area contributed by atoms with Crippen molar-refractivity contribution >= 4 is 11.3 Å². The van der Waals surface area contributed by atoms with E-state index < -0.39 is 0 Å². The zero-order chi connectivity index (χ0) is 10.3. The highest BCUT2D eigenvalue weighted by Gasteiger charge is 2.38. The Kier molecular flexibility index (Phi) is 1.90. The fourth-order valence-corrected chi connectivity index (χ4v) is 3.10. The van der Waals surface area contributed by atoms with Gasteiger partial charge >= 0.3 is 0 Å². The summed E-state index contributed by atoms with van der Waals surface area (Å²) in [4.78, 5) is 4.36. The summed E-state index contributed by atoms with van der Waals surface area (Å²) >= 11 is 1.65. The Balaban J connectivity index is 2.17. The highest BCUT2D eigenvalue weighted by Crippen LogP contribution is 2.40. The number of nitrogens with zero attached hydrogens (tertiary/aromatic N) is 1. The van der Waals surface area contributed by atoms with Crippen LogP contribution in [0.1, 0.15) is 22.6 Å². The minimum Gasteiger partial charge on any atom is -0.316 e. The molecule has 1 atom stereocenters. The Hall–Kier alpha value is -1.19. The van der Waals surface area contributed by atoms with Crippen molar-refractivity contribution < 1.29 is 0 Å². The third-order valence-electron chi connectivity index (χ3n) is 3.10. The van der Waals surface area contributed by atoms with Gasteiger partial charge in [0.25, 0.3) is 0 Å². The van der Waals surface area contributed by atoms with Crippen molar-refractivity contribution in [1.29, 1.82) is 0 Å². The molecule has 2 aromatic rings. The number of aromatic nitrogens is 1. The molecule has 1 aliphatic rings. The van der Waals surface area contributed by atoms with E-state index in [1.165, 1.54) is 11.1 Å². The van der Waals surface area contributed by atoms with Gasteiger partial charge in [0, 0.05) is 11.6 Å². The average Bonchev–Trinajstić information content (AvgIpc) is 2.88. The molecule has 0 saturated heterocycles. The number of thiazole rings is 1. The smallest absolute Gasteiger partial charge is 0.117 e. The number of fused-ring (bicyclic) bond motifs is 1. The molecule has 2 nitrogen and oxygen atoms in total. The standard InChI is InChI=1S/C12H12N2S/c13-12(11-14-7-8-15-11)6-5-9-3-1-2-4-10(9)12/h1-4,7-8H,5-6,13H2. The molecule has 2 N–H and O–H groups in total. The van der Waals surface area contributed by atoms with E-state index in [1.54, 1.807) is 11.3 Å². The number of hydrogen-bond donors (Lipinski definition) is 1. The van der Waals surface area contributed by atoms with Crippen molar-refractivity contribution in [2.45, 2.75) is 18.4 Å². The van der Waals surface area contributed by atoms with Crippen molar-refractivity contribution in [1.82, 2.24) is 4.98 Å². The number of benzene rings is 1. The maximum atomic E-state index is 6.48. The van der Waals surface area contributed by atoms with Crippen molar-refractivity contribution in [3.05, 3.63) is 52.0 Å². The lowest BCUT2D eigenvalue weighted by Crippen LogP contribution is -2.35. The van der Waals surface area contributed by atoms with Gasteiger partial charge in [0.05, 0.1) is 5.54 Å². The fourth-order valence-electron chi connectivity index (χ4n) is 2.31. The monoisotopic (exact) mass is 216 g/mol. The van der Waals surface area contributed by atoms with Crippen molar-refractivity contribution in [2.75, 3.05) is 0 Å². The summed E-state index contributed by atoms with van der Waals surface area (Å²) in [5.74, 6) is 0. The van der Waals surface area contributed by atoms with Gasteiger partial charge in [-0.05, 0) is 24.0 Å². The topological polar surface area (TPSA) is 38.9 Å². The van der Waals surface area contributed by atoms with Gasteiger partial charge < -0.3 is 5.73 Å². The summed E-state index contributed by atoms with van der Waals surface area (Å²) in [6, 6.07) is 8.42. The van der Waals surface area contributed by atoms with Crippen LogP contribution in [0.3, 0.4) is 0 Å². The van der Waals surface area contributed by atoms with Gasteiger partial charge in [-0.25, -0.2) is 4.98 Å². The van der Waals surface area contributed by atoms with Crippen LogP contribution in [0.4, 0.5) is 0 Å². The van der Waals surface area contributed by atoms with E-state index in [2.05, 4.69) is 29.2 Å². The van der Waals surface area contributed by atoms with Gasteiger partial charge in [-0.3, -0.25) is 0 Å². The second kappa shape index (κ2) is 3.15. The summed E-state index contributed by atoms with van der Waals surface area (Å²) in [6.07, 6.45) is 3.86. The molecule has 1 heterocycles. The molecular formula is C12H12N2S. The van der Waals surface area contributed by atoms with Crippen LogP contribution in [0, 0.1) is 0 Å². The maximum Gasteiger partial charge on any atom is 0.117 e. The fraction of sp³-hybridized carbons (Fsp3) is 0.250. The summed E-state index contributed by atoms with van der Waals surface area (Å²) < 4.78 is 0. The van der Waals surface area contributed by atoms with Crippen molar-refractivity contribution in [3.63, 3.8) is 0 Å². The van der Waals surface area contributed by atoms with E-state index in [9.17, 15) is 0 Å². The Morgan fingerprint density at radius 2 is 2.20 bits per heavy atom. The average molecular weight is 216 g/mol. The van der Waals surface area contributed by atoms with Crippen molar-refractivity contribution in [2.24, 2.45) is 5.73 Å². The molecule has 0 spiro atoms. The largest absolute Gasteiger partial charge is 0.316 e. The third-order valence-corrected chi connectivity index (χ3v) is 4.05. The lowest BCUT2D eigenvalue weighted by Gasteiger charge is -2.22. The molecular weight excluding hydrogens is 204 g/mol. The molecule has 1 aromatic heterocycles. The van der Waals surface area contributed by atoms with Crippen LogP contribution in [0.2, 0.25) is 0 Å². The third kappa shape index (κ3) is 1.24. The Bertz CT molecular complexity index is 478. The molecule has 0 radical (unpaired) electrons. The predicted molar refractivity (Wildman–Crippen MR) is 61.8 cm³/mol. The molecule has 15 heavy (non-hydrogen) atoms. The summed E-state index contributed by atoms with van der Waals surface area (Å²) in [6.45, 7) is 0. The Morgan fingerprint density at radius 3 is 3.00 bits per heavy atom. The second-order valence-electron chi connectivity index (χ2n) is 3.97. The first-order valence-corrected chi connectivity index (χ1v) is 5.96. The lowest BCUT2D eigenvalue weighted by molar-refractivity contribution is 0.531. The van der Waals surface area contributed by atoms with Crippen LogP contribution >= 0.6 is 11.3 Å². The lowest BCUT2D eigenvalue weighted by atomic mass is 9.94. The van der Waals surface area contributed by atoms with Crippen molar-refractivity contribution in [3.8, 4) is 0 Å². The van der Waals surface area contributed by atoms with Gasteiger partial charge in [0.1, 0.15) is 5.01 Å². The van der Waals surface area contributed by atoms with E-state index >= 15 is 0 Å². The number of rotatable bonds is 1. The highest BCUT2D eigenvalue weighted by molar-refractivity contribution is 7.09. The first-order chi connectivity index (χ1) is 7.31. The molecule has 0 fully saturated rings. The second-order valence-corrected chi connectivity index (χ2v) is 4.86. The van der Waals surface area contributed by atoms with Crippen LogP contribution in [0.5, 0.6) is 0 Å². The van der Waals surface area contributed by atoms with Gasteiger partial charge in [0.15, 0.2) is 0 Å². The molecule has 1 aliphatic carbocycles. The molecule has 0 bridgehead atoms. The first-order valence-electron chi connectivity index (χ1n) is 5.08. The van der Waals surface area contributed by atoms with Crippen LogP contribution < -0.4 is 5.73 Å². The zero-order valence-corrected chi connectivity index (χ0v) is 9.13. The number of nitrogens with two attached hydrogens (primary N) is 1. The maximum absolute atomic E-state index is 6.48. The normalized spacial score (nSPS) is 24.1.